The van der Waals surface area contributed by atoms with Crippen molar-refractivity contribution in [2.75, 3.05) is 19.1 Å². The van der Waals surface area contributed by atoms with Gasteiger partial charge in [0, 0.05) is 22.7 Å². The van der Waals surface area contributed by atoms with E-state index in [4.69, 9.17) is 21.1 Å². The monoisotopic (exact) mass is 405 g/mol. The Morgan fingerprint density at radius 2 is 2.04 bits per heavy atom. The number of aromatic nitrogens is 2. The standard InChI is InChI=1S/C18H16ClN3O4S/c1-10(23)22(15-8-27-9-20-15)7-12-5-13(19)4-11-6-14(18(24)26-3)17(25-2)21-16(11)12/h4-6,8-9H,7H2,1-3H3. The number of methoxy groups -OCH3 is 2. The van der Waals surface area contributed by atoms with E-state index in [-0.39, 0.29) is 23.9 Å². The number of pyridine rings is 1. The van der Waals surface area contributed by atoms with Gasteiger partial charge in [0.2, 0.25) is 11.8 Å². The van der Waals surface area contributed by atoms with Crippen LogP contribution in [-0.4, -0.2) is 36.1 Å². The smallest absolute Gasteiger partial charge is 0.343 e. The summed E-state index contributed by atoms with van der Waals surface area (Å²) in [6.45, 7) is 1.69. The highest BCUT2D eigenvalue weighted by Gasteiger charge is 2.20. The van der Waals surface area contributed by atoms with Crippen LogP contribution in [0.2, 0.25) is 5.02 Å². The lowest BCUT2D eigenvalue weighted by Crippen LogP contribution is -2.28. The molecular weight excluding hydrogens is 390 g/mol. The van der Waals surface area contributed by atoms with Gasteiger partial charge in [0.05, 0.1) is 31.8 Å². The molecule has 27 heavy (non-hydrogen) atoms. The summed E-state index contributed by atoms with van der Waals surface area (Å²) in [4.78, 5) is 34.3. The summed E-state index contributed by atoms with van der Waals surface area (Å²) < 4.78 is 10.0. The van der Waals surface area contributed by atoms with Gasteiger partial charge < -0.3 is 9.47 Å². The van der Waals surface area contributed by atoms with Crippen LogP contribution >= 0.6 is 22.9 Å². The molecule has 1 amide bonds. The third-order valence-corrected chi connectivity index (χ3v) is 4.72. The van der Waals surface area contributed by atoms with E-state index >= 15 is 0 Å². The van der Waals surface area contributed by atoms with E-state index in [0.717, 1.165) is 0 Å². The Bertz CT molecular complexity index is 1010. The minimum Gasteiger partial charge on any atom is -0.480 e. The number of thiazole rings is 1. The first-order valence-corrected chi connectivity index (χ1v) is 9.18. The van der Waals surface area contributed by atoms with Gasteiger partial charge >= 0.3 is 5.97 Å². The zero-order valence-corrected chi connectivity index (χ0v) is 16.4. The maximum absolute atomic E-state index is 12.1. The number of rotatable bonds is 5. The summed E-state index contributed by atoms with van der Waals surface area (Å²) in [7, 11) is 2.71. The summed E-state index contributed by atoms with van der Waals surface area (Å²) in [5, 5.41) is 2.89. The van der Waals surface area contributed by atoms with Crippen molar-refractivity contribution in [3.05, 3.63) is 45.2 Å². The number of carbonyl (C=O) groups is 2. The molecule has 9 heteroatoms. The van der Waals surface area contributed by atoms with Crippen molar-refractivity contribution in [1.29, 1.82) is 0 Å². The number of nitrogens with zero attached hydrogens (tertiary/aromatic N) is 3. The Labute approximate surface area is 164 Å². The molecule has 0 bridgehead atoms. The largest absolute Gasteiger partial charge is 0.480 e. The second-order valence-corrected chi connectivity index (χ2v) is 6.78. The van der Waals surface area contributed by atoms with E-state index in [1.807, 2.05) is 0 Å². The zero-order valence-electron chi connectivity index (χ0n) is 14.9. The lowest BCUT2D eigenvalue weighted by Gasteiger charge is -2.20. The summed E-state index contributed by atoms with van der Waals surface area (Å²) in [6.07, 6.45) is 0. The molecule has 0 saturated carbocycles. The number of halogens is 1. The van der Waals surface area contributed by atoms with Crippen LogP contribution in [0.25, 0.3) is 10.9 Å². The summed E-state index contributed by atoms with van der Waals surface area (Å²) in [5.74, 6) is -0.0255. The minimum absolute atomic E-state index is 0.140. The van der Waals surface area contributed by atoms with Gasteiger partial charge in [-0.3, -0.25) is 9.69 Å². The first kappa shape index (κ1) is 19.1. The molecule has 0 N–H and O–H groups in total. The third-order valence-electron chi connectivity index (χ3n) is 3.93. The first-order chi connectivity index (χ1) is 12.9. The molecule has 0 aliphatic carbocycles. The van der Waals surface area contributed by atoms with Crippen LogP contribution in [0, 0.1) is 0 Å². The molecule has 1 aromatic carbocycles. The Morgan fingerprint density at radius 1 is 1.26 bits per heavy atom. The molecule has 2 aromatic heterocycles. The van der Waals surface area contributed by atoms with Crippen molar-refractivity contribution < 1.29 is 19.1 Å². The fourth-order valence-corrected chi connectivity index (χ4v) is 3.49. The topological polar surface area (TPSA) is 81.6 Å². The minimum atomic E-state index is -0.560. The van der Waals surface area contributed by atoms with Crippen LogP contribution in [0.3, 0.4) is 0 Å². The molecule has 2 heterocycles. The number of esters is 1. The van der Waals surface area contributed by atoms with Gasteiger partial charge in [-0.2, -0.15) is 0 Å². The van der Waals surface area contributed by atoms with Crippen molar-refractivity contribution >= 4 is 51.5 Å². The molecule has 0 aliphatic rings. The predicted molar refractivity (Wildman–Crippen MR) is 104 cm³/mol. The van der Waals surface area contributed by atoms with E-state index in [2.05, 4.69) is 9.97 Å². The second-order valence-electron chi connectivity index (χ2n) is 5.63. The number of benzene rings is 1. The number of hydrogen-bond acceptors (Lipinski definition) is 7. The third kappa shape index (κ3) is 3.86. The van der Waals surface area contributed by atoms with Gasteiger partial charge in [0.1, 0.15) is 11.4 Å². The van der Waals surface area contributed by atoms with Crippen molar-refractivity contribution in [1.82, 2.24) is 9.97 Å². The van der Waals surface area contributed by atoms with Crippen LogP contribution in [0.5, 0.6) is 5.88 Å². The van der Waals surface area contributed by atoms with Crippen LogP contribution in [-0.2, 0) is 16.1 Å². The van der Waals surface area contributed by atoms with Crippen LogP contribution < -0.4 is 9.64 Å². The van der Waals surface area contributed by atoms with Crippen LogP contribution in [0.1, 0.15) is 22.8 Å². The first-order valence-electron chi connectivity index (χ1n) is 7.86. The average Bonchev–Trinajstić information content (AvgIpc) is 3.18. The highest BCUT2D eigenvalue weighted by molar-refractivity contribution is 7.07. The summed E-state index contributed by atoms with van der Waals surface area (Å²) in [6, 6.07) is 5.04. The molecule has 0 atom stereocenters. The number of ether oxygens (including phenoxy) is 2. The van der Waals surface area contributed by atoms with Crippen molar-refractivity contribution in [3.8, 4) is 5.88 Å². The normalized spacial score (nSPS) is 10.7. The molecule has 0 fully saturated rings. The molecule has 0 aliphatic heterocycles. The number of hydrogen-bond donors (Lipinski definition) is 0. The quantitative estimate of drug-likeness (QED) is 0.602. The number of anilines is 1. The van der Waals surface area contributed by atoms with Gasteiger partial charge in [-0.1, -0.05) is 11.6 Å². The number of carbonyl (C=O) groups excluding carboxylic acids is 2. The molecule has 0 spiro atoms. The Kier molecular flexibility index (Phi) is 5.57. The summed E-state index contributed by atoms with van der Waals surface area (Å²) >= 11 is 7.66. The number of amides is 1. The molecular formula is C18H16ClN3O4S. The van der Waals surface area contributed by atoms with E-state index in [9.17, 15) is 9.59 Å². The van der Waals surface area contributed by atoms with Crippen molar-refractivity contribution in [2.24, 2.45) is 0 Å². The van der Waals surface area contributed by atoms with E-state index in [1.165, 1.54) is 37.4 Å². The number of fused-ring (bicyclic) bond motifs is 1. The molecule has 3 aromatic rings. The molecule has 7 nitrogen and oxygen atoms in total. The zero-order chi connectivity index (χ0) is 19.6. The fourth-order valence-electron chi connectivity index (χ4n) is 2.70. The fraction of sp³-hybridized carbons (Fsp3) is 0.222. The van der Waals surface area contributed by atoms with Gasteiger partial charge in [0.25, 0.3) is 0 Å². The summed E-state index contributed by atoms with van der Waals surface area (Å²) in [5.41, 5.74) is 3.13. The van der Waals surface area contributed by atoms with E-state index in [0.29, 0.717) is 27.3 Å². The molecule has 0 unspecified atom stereocenters. The van der Waals surface area contributed by atoms with Gasteiger partial charge in [0.15, 0.2) is 0 Å². The SMILES string of the molecule is COC(=O)c1cc2cc(Cl)cc(CN(C(C)=O)c3cscn3)c2nc1OC. The Hall–Kier alpha value is -2.71. The molecule has 140 valence electrons. The maximum atomic E-state index is 12.1. The van der Waals surface area contributed by atoms with E-state index < -0.39 is 5.97 Å². The van der Waals surface area contributed by atoms with Crippen LogP contribution in [0.4, 0.5) is 5.82 Å². The maximum Gasteiger partial charge on any atom is 0.343 e. The van der Waals surface area contributed by atoms with Crippen LogP contribution in [0.15, 0.2) is 29.1 Å². The van der Waals surface area contributed by atoms with Crippen molar-refractivity contribution in [2.45, 2.75) is 13.5 Å². The highest BCUT2D eigenvalue weighted by Crippen LogP contribution is 2.30. The van der Waals surface area contributed by atoms with E-state index in [1.54, 1.807) is 29.1 Å². The highest BCUT2D eigenvalue weighted by atomic mass is 35.5. The lowest BCUT2D eigenvalue weighted by molar-refractivity contribution is -0.116. The molecule has 0 saturated heterocycles. The predicted octanol–water partition coefficient (Wildman–Crippen LogP) is 3.69. The average molecular weight is 406 g/mol. The molecule has 3 rings (SSSR count). The second kappa shape index (κ2) is 7.89. The molecule has 0 radical (unpaired) electrons. The van der Waals surface area contributed by atoms with Gasteiger partial charge in [-0.25, -0.2) is 14.8 Å². The Balaban J connectivity index is 2.15. The Morgan fingerprint density at radius 3 is 2.63 bits per heavy atom. The van der Waals surface area contributed by atoms with Crippen molar-refractivity contribution in [3.63, 3.8) is 0 Å². The van der Waals surface area contributed by atoms with Gasteiger partial charge in [-0.05, 0) is 23.8 Å². The van der Waals surface area contributed by atoms with Gasteiger partial charge in [-0.15, -0.1) is 11.3 Å². The lowest BCUT2D eigenvalue weighted by atomic mass is 10.1.